The Morgan fingerprint density at radius 3 is 2.46 bits per heavy atom. The molecule has 1 atom stereocenters. The summed E-state index contributed by atoms with van der Waals surface area (Å²) in [6, 6.07) is 15.2. The molecule has 2 aromatic rings. The summed E-state index contributed by atoms with van der Waals surface area (Å²) in [5.41, 5.74) is 0.240. The molecule has 0 spiro atoms. The SMILES string of the molecule is O=C(NCC(O)COc1ccccc1)C1(c2ccc(F)cc2)CC1. The number of ether oxygens (including phenoxy) is 1. The zero-order valence-corrected chi connectivity index (χ0v) is 13.2. The molecule has 0 radical (unpaired) electrons. The zero-order chi connectivity index (χ0) is 17.0. The minimum absolute atomic E-state index is 0.105. The first-order valence-corrected chi connectivity index (χ1v) is 8.00. The Balaban J connectivity index is 1.49. The van der Waals surface area contributed by atoms with Crippen molar-refractivity contribution in [3.63, 3.8) is 0 Å². The van der Waals surface area contributed by atoms with Gasteiger partial charge in [-0.25, -0.2) is 4.39 Å². The number of carbonyl (C=O) groups excluding carboxylic acids is 1. The molecule has 1 fully saturated rings. The Kier molecular flexibility index (Phi) is 4.81. The van der Waals surface area contributed by atoms with E-state index in [9.17, 15) is 14.3 Å². The molecule has 1 unspecified atom stereocenters. The highest BCUT2D eigenvalue weighted by Crippen LogP contribution is 2.48. The van der Waals surface area contributed by atoms with Crippen LogP contribution in [0.3, 0.4) is 0 Å². The lowest BCUT2D eigenvalue weighted by atomic mass is 9.95. The fourth-order valence-corrected chi connectivity index (χ4v) is 2.69. The summed E-state index contributed by atoms with van der Waals surface area (Å²) in [6.07, 6.45) is 0.681. The highest BCUT2D eigenvalue weighted by Gasteiger charge is 2.51. The molecule has 3 rings (SSSR count). The number of hydrogen-bond acceptors (Lipinski definition) is 3. The fourth-order valence-electron chi connectivity index (χ4n) is 2.69. The van der Waals surface area contributed by atoms with Gasteiger partial charge in [-0.2, -0.15) is 0 Å². The van der Waals surface area contributed by atoms with Crippen molar-refractivity contribution in [2.24, 2.45) is 0 Å². The average Bonchev–Trinajstić information content (AvgIpc) is 3.41. The van der Waals surface area contributed by atoms with Gasteiger partial charge in [0.25, 0.3) is 0 Å². The molecule has 2 N–H and O–H groups in total. The number of carbonyl (C=O) groups is 1. The monoisotopic (exact) mass is 329 g/mol. The molecule has 1 amide bonds. The maximum absolute atomic E-state index is 13.0. The van der Waals surface area contributed by atoms with E-state index in [-0.39, 0.29) is 24.9 Å². The molecule has 126 valence electrons. The number of amides is 1. The molecule has 5 heteroatoms. The largest absolute Gasteiger partial charge is 0.491 e. The number of nitrogens with one attached hydrogen (secondary N) is 1. The van der Waals surface area contributed by atoms with Crippen LogP contribution in [-0.4, -0.2) is 30.3 Å². The molecule has 0 bridgehead atoms. The molecule has 0 heterocycles. The van der Waals surface area contributed by atoms with Crippen molar-refractivity contribution in [1.82, 2.24) is 5.32 Å². The molecule has 0 aliphatic heterocycles. The lowest BCUT2D eigenvalue weighted by Gasteiger charge is -2.18. The van der Waals surface area contributed by atoms with Crippen LogP contribution < -0.4 is 10.1 Å². The first kappa shape index (κ1) is 16.5. The molecule has 0 aromatic heterocycles. The van der Waals surface area contributed by atoms with E-state index in [1.807, 2.05) is 18.2 Å². The van der Waals surface area contributed by atoms with E-state index in [0.29, 0.717) is 5.75 Å². The number of aliphatic hydroxyl groups is 1. The van der Waals surface area contributed by atoms with Crippen LogP contribution in [-0.2, 0) is 10.2 Å². The minimum Gasteiger partial charge on any atom is -0.491 e. The molecule has 1 aliphatic carbocycles. The van der Waals surface area contributed by atoms with Gasteiger partial charge < -0.3 is 15.2 Å². The summed E-state index contributed by atoms with van der Waals surface area (Å²) < 4.78 is 18.5. The Bertz CT molecular complexity index is 684. The van der Waals surface area contributed by atoms with E-state index in [4.69, 9.17) is 4.74 Å². The maximum atomic E-state index is 13.0. The van der Waals surface area contributed by atoms with Crippen molar-refractivity contribution in [3.05, 3.63) is 66.0 Å². The molecular formula is C19H20FNO3. The number of rotatable bonds is 7. The standard InChI is InChI=1S/C19H20FNO3/c20-15-8-6-14(7-9-15)19(10-11-19)18(23)21-12-16(22)13-24-17-4-2-1-3-5-17/h1-9,16,22H,10-13H2,(H,21,23). The summed E-state index contributed by atoms with van der Waals surface area (Å²) in [4.78, 5) is 12.4. The Labute approximate surface area is 140 Å². The summed E-state index contributed by atoms with van der Waals surface area (Å²) in [5, 5.41) is 12.7. The van der Waals surface area contributed by atoms with Gasteiger partial charge in [0.2, 0.25) is 5.91 Å². The molecule has 1 saturated carbocycles. The second kappa shape index (κ2) is 7.01. The fraction of sp³-hybridized carbons (Fsp3) is 0.316. The second-order valence-electron chi connectivity index (χ2n) is 6.08. The maximum Gasteiger partial charge on any atom is 0.230 e. The van der Waals surface area contributed by atoms with Gasteiger partial charge in [-0.1, -0.05) is 30.3 Å². The van der Waals surface area contributed by atoms with Gasteiger partial charge >= 0.3 is 0 Å². The Hall–Kier alpha value is -2.40. The van der Waals surface area contributed by atoms with Gasteiger partial charge in [-0.3, -0.25) is 4.79 Å². The molecule has 0 saturated heterocycles. The predicted octanol–water partition coefficient (Wildman–Crippen LogP) is 2.41. The molecule has 24 heavy (non-hydrogen) atoms. The van der Waals surface area contributed by atoms with Crippen LogP contribution in [0.15, 0.2) is 54.6 Å². The molecule has 4 nitrogen and oxygen atoms in total. The molecule has 2 aromatic carbocycles. The summed E-state index contributed by atoms with van der Waals surface area (Å²) in [7, 11) is 0. The highest BCUT2D eigenvalue weighted by molar-refractivity contribution is 5.91. The third-order valence-corrected chi connectivity index (χ3v) is 4.27. The van der Waals surface area contributed by atoms with Gasteiger partial charge in [0.15, 0.2) is 0 Å². The Morgan fingerprint density at radius 1 is 1.17 bits per heavy atom. The third-order valence-electron chi connectivity index (χ3n) is 4.27. The summed E-state index contributed by atoms with van der Waals surface area (Å²) in [5.74, 6) is 0.226. The van der Waals surface area contributed by atoms with E-state index in [0.717, 1.165) is 18.4 Å². The van der Waals surface area contributed by atoms with Gasteiger partial charge in [0.1, 0.15) is 24.3 Å². The van der Waals surface area contributed by atoms with Crippen LogP contribution >= 0.6 is 0 Å². The van der Waals surface area contributed by atoms with Crippen LogP contribution in [0.2, 0.25) is 0 Å². The molecule has 1 aliphatic rings. The van der Waals surface area contributed by atoms with Crippen LogP contribution in [0.25, 0.3) is 0 Å². The van der Waals surface area contributed by atoms with Crippen LogP contribution in [0, 0.1) is 5.82 Å². The smallest absolute Gasteiger partial charge is 0.230 e. The quantitative estimate of drug-likeness (QED) is 0.820. The first-order valence-electron chi connectivity index (χ1n) is 8.00. The lowest BCUT2D eigenvalue weighted by Crippen LogP contribution is -2.40. The first-order chi connectivity index (χ1) is 11.6. The van der Waals surface area contributed by atoms with Gasteiger partial charge in [-0.05, 0) is 42.7 Å². The normalized spacial score (nSPS) is 16.2. The van der Waals surface area contributed by atoms with Crippen molar-refractivity contribution in [2.75, 3.05) is 13.2 Å². The van der Waals surface area contributed by atoms with E-state index >= 15 is 0 Å². The molecular weight excluding hydrogens is 309 g/mol. The van der Waals surface area contributed by atoms with Crippen molar-refractivity contribution in [2.45, 2.75) is 24.4 Å². The third kappa shape index (κ3) is 3.74. The van der Waals surface area contributed by atoms with Crippen molar-refractivity contribution in [3.8, 4) is 5.75 Å². The zero-order valence-electron chi connectivity index (χ0n) is 13.2. The van der Waals surface area contributed by atoms with Crippen molar-refractivity contribution < 1.29 is 19.0 Å². The minimum atomic E-state index is -0.793. The number of benzene rings is 2. The van der Waals surface area contributed by atoms with Crippen LogP contribution in [0.1, 0.15) is 18.4 Å². The summed E-state index contributed by atoms with van der Waals surface area (Å²) >= 11 is 0. The van der Waals surface area contributed by atoms with Crippen LogP contribution in [0.4, 0.5) is 4.39 Å². The van der Waals surface area contributed by atoms with E-state index in [2.05, 4.69) is 5.32 Å². The van der Waals surface area contributed by atoms with Crippen LogP contribution in [0.5, 0.6) is 5.75 Å². The topological polar surface area (TPSA) is 58.6 Å². The summed E-state index contributed by atoms with van der Waals surface area (Å²) in [6.45, 7) is 0.225. The second-order valence-corrected chi connectivity index (χ2v) is 6.08. The van der Waals surface area contributed by atoms with Gasteiger partial charge in [0.05, 0.1) is 5.41 Å². The number of hydrogen-bond donors (Lipinski definition) is 2. The van der Waals surface area contributed by atoms with E-state index in [1.54, 1.807) is 24.3 Å². The van der Waals surface area contributed by atoms with E-state index in [1.165, 1.54) is 12.1 Å². The average molecular weight is 329 g/mol. The number of para-hydroxylation sites is 1. The number of aliphatic hydroxyl groups excluding tert-OH is 1. The van der Waals surface area contributed by atoms with Gasteiger partial charge in [-0.15, -0.1) is 0 Å². The van der Waals surface area contributed by atoms with E-state index < -0.39 is 11.5 Å². The van der Waals surface area contributed by atoms with Crippen molar-refractivity contribution >= 4 is 5.91 Å². The van der Waals surface area contributed by atoms with Crippen molar-refractivity contribution in [1.29, 1.82) is 0 Å². The highest BCUT2D eigenvalue weighted by atomic mass is 19.1. The lowest BCUT2D eigenvalue weighted by molar-refractivity contribution is -0.124. The predicted molar refractivity (Wildman–Crippen MR) is 88.3 cm³/mol. The Morgan fingerprint density at radius 2 is 1.83 bits per heavy atom. The number of halogens is 1. The van der Waals surface area contributed by atoms with Gasteiger partial charge in [0, 0.05) is 6.54 Å².